The van der Waals surface area contributed by atoms with Crippen molar-refractivity contribution in [2.24, 2.45) is 0 Å². The van der Waals surface area contributed by atoms with E-state index in [-0.39, 0.29) is 23.7 Å². The maximum atomic E-state index is 12.3. The zero-order valence-electron chi connectivity index (χ0n) is 15.7. The van der Waals surface area contributed by atoms with Crippen LogP contribution in [0.4, 0.5) is 0 Å². The molecule has 0 fully saturated rings. The third-order valence-corrected chi connectivity index (χ3v) is 4.89. The maximum absolute atomic E-state index is 12.3. The average Bonchev–Trinajstić information content (AvgIpc) is 2.72. The van der Waals surface area contributed by atoms with E-state index >= 15 is 0 Å². The lowest BCUT2D eigenvalue weighted by Crippen LogP contribution is -2.27. The third-order valence-electron chi connectivity index (χ3n) is 4.65. The summed E-state index contributed by atoms with van der Waals surface area (Å²) in [5.74, 6) is -0.257. The van der Waals surface area contributed by atoms with E-state index in [4.69, 9.17) is 11.6 Å². The minimum atomic E-state index is -0.195. The van der Waals surface area contributed by atoms with Crippen LogP contribution >= 0.6 is 11.6 Å². The van der Waals surface area contributed by atoms with E-state index in [0.29, 0.717) is 13.0 Å². The number of benzene rings is 3. The molecule has 144 valence electrons. The van der Waals surface area contributed by atoms with Crippen LogP contribution in [0.25, 0.3) is 10.8 Å². The van der Waals surface area contributed by atoms with Gasteiger partial charge >= 0.3 is 0 Å². The van der Waals surface area contributed by atoms with Crippen molar-refractivity contribution in [1.29, 1.82) is 0 Å². The Hall–Kier alpha value is -2.85. The molecule has 2 amide bonds. The van der Waals surface area contributed by atoms with Crippen LogP contribution in [-0.2, 0) is 22.6 Å². The van der Waals surface area contributed by atoms with Gasteiger partial charge in [0.2, 0.25) is 11.8 Å². The molecular weight excluding hydrogens is 372 g/mol. The van der Waals surface area contributed by atoms with Crippen molar-refractivity contribution in [3.63, 3.8) is 0 Å². The number of carbonyl (C=O) groups excluding carboxylic acids is 2. The standard InChI is InChI=1S/C23H23ClN2O2/c1-16(26-23(28)14-24)19-9-6-17(7-10-19)15-25-22(27)13-18-8-11-20-4-2-3-5-21(20)12-18/h2-12,16H,13-15H2,1H3,(H,25,27)(H,26,28). The number of fused-ring (bicyclic) bond motifs is 1. The molecule has 5 heteroatoms. The van der Waals surface area contributed by atoms with E-state index in [9.17, 15) is 9.59 Å². The number of hydrogen-bond donors (Lipinski definition) is 2. The predicted octanol–water partition coefficient (Wildman–Crippen LogP) is 4.11. The third kappa shape index (κ3) is 5.33. The zero-order chi connectivity index (χ0) is 19.9. The van der Waals surface area contributed by atoms with E-state index in [1.807, 2.05) is 55.5 Å². The second kappa shape index (κ2) is 9.38. The van der Waals surface area contributed by atoms with Gasteiger partial charge in [0.15, 0.2) is 0 Å². The topological polar surface area (TPSA) is 58.2 Å². The number of hydrogen-bond acceptors (Lipinski definition) is 2. The minimum Gasteiger partial charge on any atom is -0.352 e. The maximum Gasteiger partial charge on any atom is 0.235 e. The normalized spacial score (nSPS) is 11.8. The highest BCUT2D eigenvalue weighted by Crippen LogP contribution is 2.16. The second-order valence-electron chi connectivity index (χ2n) is 6.80. The Balaban J connectivity index is 1.53. The van der Waals surface area contributed by atoms with Crippen molar-refractivity contribution in [3.8, 4) is 0 Å². The molecule has 0 aliphatic rings. The van der Waals surface area contributed by atoms with Gasteiger partial charge in [-0.25, -0.2) is 0 Å². The van der Waals surface area contributed by atoms with Gasteiger partial charge in [-0.15, -0.1) is 11.6 Å². The summed E-state index contributed by atoms with van der Waals surface area (Å²) in [5, 5.41) is 8.08. The summed E-state index contributed by atoms with van der Waals surface area (Å²) < 4.78 is 0. The molecule has 4 nitrogen and oxygen atoms in total. The van der Waals surface area contributed by atoms with Crippen LogP contribution in [-0.4, -0.2) is 17.7 Å². The minimum absolute atomic E-state index is 0.0119. The number of halogens is 1. The molecule has 1 unspecified atom stereocenters. The number of carbonyl (C=O) groups is 2. The highest BCUT2D eigenvalue weighted by Gasteiger charge is 2.09. The fraction of sp³-hybridized carbons (Fsp3) is 0.217. The molecule has 3 rings (SSSR count). The van der Waals surface area contributed by atoms with Crippen molar-refractivity contribution in [2.75, 3.05) is 5.88 Å². The summed E-state index contributed by atoms with van der Waals surface area (Å²) in [6.07, 6.45) is 0.352. The van der Waals surface area contributed by atoms with Crippen LogP contribution in [0.2, 0.25) is 0 Å². The van der Waals surface area contributed by atoms with Gasteiger partial charge in [0, 0.05) is 6.54 Å². The number of nitrogens with one attached hydrogen (secondary N) is 2. The van der Waals surface area contributed by atoms with E-state index in [2.05, 4.69) is 28.8 Å². The molecule has 3 aromatic rings. The highest BCUT2D eigenvalue weighted by atomic mass is 35.5. The summed E-state index contributed by atoms with van der Waals surface area (Å²) >= 11 is 5.51. The smallest absolute Gasteiger partial charge is 0.235 e. The van der Waals surface area contributed by atoms with Crippen LogP contribution in [0.1, 0.15) is 29.7 Å². The lowest BCUT2D eigenvalue weighted by Gasteiger charge is -2.14. The van der Waals surface area contributed by atoms with Crippen molar-refractivity contribution >= 4 is 34.2 Å². The first-order chi connectivity index (χ1) is 13.5. The first-order valence-electron chi connectivity index (χ1n) is 9.23. The fourth-order valence-electron chi connectivity index (χ4n) is 3.08. The first kappa shape index (κ1) is 19.9. The molecule has 0 saturated heterocycles. The molecule has 0 aliphatic carbocycles. The molecule has 0 radical (unpaired) electrons. The number of amides is 2. The molecular formula is C23H23ClN2O2. The molecule has 0 saturated carbocycles. The molecule has 0 spiro atoms. The molecule has 2 N–H and O–H groups in total. The number of rotatable bonds is 7. The SMILES string of the molecule is CC(NC(=O)CCl)c1ccc(CNC(=O)Cc2ccc3ccccc3c2)cc1. The van der Waals surface area contributed by atoms with Crippen LogP contribution in [0.5, 0.6) is 0 Å². The van der Waals surface area contributed by atoms with Crippen molar-refractivity contribution < 1.29 is 9.59 Å². The van der Waals surface area contributed by atoms with E-state index < -0.39 is 0 Å². The molecule has 0 bridgehead atoms. The Bertz CT molecular complexity index is 970. The van der Waals surface area contributed by atoms with Gasteiger partial charge in [0.25, 0.3) is 0 Å². The van der Waals surface area contributed by atoms with Gasteiger partial charge in [-0.05, 0) is 34.4 Å². The summed E-state index contributed by atoms with van der Waals surface area (Å²) in [6.45, 7) is 2.37. The highest BCUT2D eigenvalue weighted by molar-refractivity contribution is 6.27. The predicted molar refractivity (Wildman–Crippen MR) is 113 cm³/mol. The second-order valence-corrected chi connectivity index (χ2v) is 7.07. The van der Waals surface area contributed by atoms with Crippen LogP contribution < -0.4 is 10.6 Å². The lowest BCUT2D eigenvalue weighted by molar-refractivity contribution is -0.121. The summed E-state index contributed by atoms with van der Waals surface area (Å²) in [6, 6.07) is 21.9. The van der Waals surface area contributed by atoms with Crippen LogP contribution in [0.15, 0.2) is 66.7 Å². The van der Waals surface area contributed by atoms with E-state index in [1.54, 1.807) is 0 Å². The Labute approximate surface area is 169 Å². The van der Waals surface area contributed by atoms with Gasteiger partial charge in [-0.1, -0.05) is 66.7 Å². The molecule has 1 atom stereocenters. The number of alkyl halides is 1. The van der Waals surface area contributed by atoms with Crippen LogP contribution in [0.3, 0.4) is 0 Å². The molecule has 3 aromatic carbocycles. The molecule has 0 heterocycles. The van der Waals surface area contributed by atoms with Gasteiger partial charge < -0.3 is 10.6 Å². The Morgan fingerprint density at radius 3 is 2.29 bits per heavy atom. The first-order valence-corrected chi connectivity index (χ1v) is 9.77. The van der Waals surface area contributed by atoms with Crippen molar-refractivity contribution in [2.45, 2.75) is 25.9 Å². The summed E-state index contributed by atoms with van der Waals surface area (Å²) in [5.41, 5.74) is 2.99. The summed E-state index contributed by atoms with van der Waals surface area (Å²) in [7, 11) is 0. The summed E-state index contributed by atoms with van der Waals surface area (Å²) in [4.78, 5) is 23.7. The molecule has 0 aromatic heterocycles. The fourth-order valence-corrected chi connectivity index (χ4v) is 3.16. The zero-order valence-corrected chi connectivity index (χ0v) is 16.5. The van der Waals surface area contributed by atoms with E-state index in [0.717, 1.165) is 22.1 Å². The monoisotopic (exact) mass is 394 g/mol. The van der Waals surface area contributed by atoms with Crippen molar-refractivity contribution in [3.05, 3.63) is 83.4 Å². The molecule has 28 heavy (non-hydrogen) atoms. The van der Waals surface area contributed by atoms with Crippen LogP contribution in [0, 0.1) is 0 Å². The quantitative estimate of drug-likeness (QED) is 0.592. The van der Waals surface area contributed by atoms with Gasteiger partial charge in [0.1, 0.15) is 5.88 Å². The largest absolute Gasteiger partial charge is 0.352 e. The Kier molecular flexibility index (Phi) is 6.66. The Morgan fingerprint density at radius 1 is 0.893 bits per heavy atom. The lowest BCUT2D eigenvalue weighted by atomic mass is 10.0. The molecule has 0 aliphatic heterocycles. The van der Waals surface area contributed by atoms with E-state index in [1.165, 1.54) is 5.39 Å². The van der Waals surface area contributed by atoms with Gasteiger partial charge in [-0.2, -0.15) is 0 Å². The Morgan fingerprint density at radius 2 is 1.57 bits per heavy atom. The van der Waals surface area contributed by atoms with Gasteiger partial charge in [-0.3, -0.25) is 9.59 Å². The van der Waals surface area contributed by atoms with Gasteiger partial charge in [0.05, 0.1) is 12.5 Å². The average molecular weight is 395 g/mol. The van der Waals surface area contributed by atoms with Crippen molar-refractivity contribution in [1.82, 2.24) is 10.6 Å².